The third-order valence-electron chi connectivity index (χ3n) is 3.62. The van der Waals surface area contributed by atoms with Crippen molar-refractivity contribution in [3.63, 3.8) is 0 Å². The van der Waals surface area contributed by atoms with Crippen LogP contribution in [0.2, 0.25) is 0 Å². The summed E-state index contributed by atoms with van der Waals surface area (Å²) in [5.41, 5.74) is 2.58. The van der Waals surface area contributed by atoms with E-state index in [0.717, 1.165) is 11.4 Å². The zero-order valence-electron chi connectivity index (χ0n) is 13.8. The highest BCUT2D eigenvalue weighted by molar-refractivity contribution is 5.91. The van der Waals surface area contributed by atoms with E-state index in [4.69, 9.17) is 4.74 Å². The van der Waals surface area contributed by atoms with Gasteiger partial charge in [-0.05, 0) is 55.5 Å². The van der Waals surface area contributed by atoms with Crippen LogP contribution in [0.25, 0.3) is 5.69 Å². The molecule has 0 unspecified atom stereocenters. The van der Waals surface area contributed by atoms with E-state index in [9.17, 15) is 9.18 Å². The van der Waals surface area contributed by atoms with Crippen molar-refractivity contribution in [2.45, 2.75) is 13.3 Å². The minimum atomic E-state index is -0.322. The van der Waals surface area contributed by atoms with Crippen molar-refractivity contribution >= 4 is 11.6 Å². The van der Waals surface area contributed by atoms with E-state index < -0.39 is 0 Å². The number of amides is 1. The number of nitrogens with one attached hydrogen (secondary N) is 1. The second kappa shape index (κ2) is 7.61. The number of rotatable bonds is 6. The molecule has 1 N–H and O–H groups in total. The van der Waals surface area contributed by atoms with E-state index in [0.29, 0.717) is 11.4 Å². The Morgan fingerprint density at radius 2 is 2.00 bits per heavy atom. The number of aryl methyl sites for hydroxylation is 1. The summed E-state index contributed by atoms with van der Waals surface area (Å²) in [6.07, 6.45) is 1.93. The number of carbonyl (C=O) groups excluding carboxylic acids is 1. The summed E-state index contributed by atoms with van der Waals surface area (Å²) < 4.78 is 20.0. The highest BCUT2D eigenvalue weighted by atomic mass is 19.1. The lowest BCUT2D eigenvalue weighted by atomic mass is 10.2. The van der Waals surface area contributed by atoms with Gasteiger partial charge in [-0.3, -0.25) is 4.79 Å². The normalized spacial score (nSPS) is 10.5. The first-order valence-corrected chi connectivity index (χ1v) is 7.91. The summed E-state index contributed by atoms with van der Waals surface area (Å²) in [6, 6.07) is 15.1. The van der Waals surface area contributed by atoms with Gasteiger partial charge in [0.15, 0.2) is 0 Å². The maximum atomic E-state index is 12.8. The summed E-state index contributed by atoms with van der Waals surface area (Å²) in [4.78, 5) is 12.0. The molecule has 0 bridgehead atoms. The van der Waals surface area contributed by atoms with Crippen LogP contribution in [0.1, 0.15) is 12.1 Å². The lowest BCUT2D eigenvalue weighted by Gasteiger charge is -2.09. The SMILES string of the molecule is Cc1ccnn1-c1cccc(NC(=O)CCOc2ccc(F)cc2)c1. The molecule has 1 heterocycles. The second-order valence-corrected chi connectivity index (χ2v) is 5.54. The summed E-state index contributed by atoms with van der Waals surface area (Å²) in [6.45, 7) is 2.18. The largest absolute Gasteiger partial charge is 0.493 e. The lowest BCUT2D eigenvalue weighted by molar-refractivity contribution is -0.116. The van der Waals surface area contributed by atoms with Crippen molar-refractivity contribution in [3.05, 3.63) is 72.3 Å². The Morgan fingerprint density at radius 3 is 2.72 bits per heavy atom. The predicted octanol–water partition coefficient (Wildman–Crippen LogP) is 3.73. The van der Waals surface area contributed by atoms with Gasteiger partial charge in [-0.1, -0.05) is 6.07 Å². The molecule has 25 heavy (non-hydrogen) atoms. The van der Waals surface area contributed by atoms with Gasteiger partial charge in [0.2, 0.25) is 5.91 Å². The monoisotopic (exact) mass is 339 g/mol. The molecule has 5 nitrogen and oxygen atoms in total. The highest BCUT2D eigenvalue weighted by Crippen LogP contribution is 2.16. The molecule has 3 aromatic rings. The van der Waals surface area contributed by atoms with Crippen LogP contribution in [0.15, 0.2) is 60.8 Å². The Kier molecular flexibility index (Phi) is 5.09. The quantitative estimate of drug-likeness (QED) is 0.744. The van der Waals surface area contributed by atoms with Crippen LogP contribution in [0.4, 0.5) is 10.1 Å². The van der Waals surface area contributed by atoms with Crippen molar-refractivity contribution in [1.29, 1.82) is 0 Å². The Labute approximate surface area is 145 Å². The molecule has 6 heteroatoms. The van der Waals surface area contributed by atoms with Crippen LogP contribution >= 0.6 is 0 Å². The van der Waals surface area contributed by atoms with Crippen LogP contribution in [0, 0.1) is 12.7 Å². The molecule has 0 saturated heterocycles. The van der Waals surface area contributed by atoms with Gasteiger partial charge in [-0.25, -0.2) is 9.07 Å². The van der Waals surface area contributed by atoms with E-state index >= 15 is 0 Å². The number of hydrogen-bond donors (Lipinski definition) is 1. The molecule has 1 aromatic heterocycles. The minimum Gasteiger partial charge on any atom is -0.493 e. The van der Waals surface area contributed by atoms with Crippen molar-refractivity contribution in [2.75, 3.05) is 11.9 Å². The Hall–Kier alpha value is -3.15. The molecule has 1 amide bonds. The van der Waals surface area contributed by atoms with E-state index in [1.165, 1.54) is 24.3 Å². The number of benzene rings is 2. The number of hydrogen-bond acceptors (Lipinski definition) is 3. The Bertz CT molecular complexity index is 859. The zero-order valence-corrected chi connectivity index (χ0v) is 13.8. The molecule has 2 aromatic carbocycles. The topological polar surface area (TPSA) is 56.2 Å². The van der Waals surface area contributed by atoms with Gasteiger partial charge in [-0.2, -0.15) is 5.10 Å². The molecule has 0 aliphatic heterocycles. The van der Waals surface area contributed by atoms with E-state index in [1.54, 1.807) is 10.9 Å². The molecule has 0 aliphatic carbocycles. The van der Waals surface area contributed by atoms with Crippen LogP contribution in [0.3, 0.4) is 0 Å². The summed E-state index contributed by atoms with van der Waals surface area (Å²) in [5, 5.41) is 7.09. The van der Waals surface area contributed by atoms with Crippen molar-refractivity contribution < 1.29 is 13.9 Å². The van der Waals surface area contributed by atoms with Gasteiger partial charge >= 0.3 is 0 Å². The first-order valence-electron chi connectivity index (χ1n) is 7.91. The van der Waals surface area contributed by atoms with Gasteiger partial charge in [0.1, 0.15) is 11.6 Å². The number of carbonyl (C=O) groups is 1. The molecule has 0 atom stereocenters. The first-order chi connectivity index (χ1) is 12.1. The molecule has 3 rings (SSSR count). The Morgan fingerprint density at radius 1 is 1.20 bits per heavy atom. The van der Waals surface area contributed by atoms with E-state index in [-0.39, 0.29) is 24.8 Å². The number of halogens is 1. The van der Waals surface area contributed by atoms with Crippen molar-refractivity contribution in [3.8, 4) is 11.4 Å². The lowest BCUT2D eigenvalue weighted by Crippen LogP contribution is -2.15. The number of anilines is 1. The fourth-order valence-electron chi connectivity index (χ4n) is 2.37. The standard InChI is InChI=1S/C19H18FN3O2/c1-14-9-11-21-23(14)17-4-2-3-16(13-17)22-19(24)10-12-25-18-7-5-15(20)6-8-18/h2-9,11,13H,10,12H2,1H3,(H,22,24). The second-order valence-electron chi connectivity index (χ2n) is 5.54. The average Bonchev–Trinajstić information content (AvgIpc) is 3.03. The van der Waals surface area contributed by atoms with Crippen LogP contribution < -0.4 is 10.1 Å². The minimum absolute atomic E-state index is 0.156. The smallest absolute Gasteiger partial charge is 0.227 e. The van der Waals surface area contributed by atoms with Gasteiger partial charge < -0.3 is 10.1 Å². The van der Waals surface area contributed by atoms with E-state index in [1.807, 2.05) is 37.3 Å². The third kappa shape index (κ3) is 4.44. The zero-order chi connectivity index (χ0) is 17.6. The van der Waals surface area contributed by atoms with Crippen LogP contribution in [0.5, 0.6) is 5.75 Å². The predicted molar refractivity (Wildman–Crippen MR) is 93.4 cm³/mol. The maximum absolute atomic E-state index is 12.8. The molecular formula is C19H18FN3O2. The Balaban J connectivity index is 1.54. The van der Waals surface area contributed by atoms with Gasteiger partial charge in [0.25, 0.3) is 0 Å². The molecule has 0 radical (unpaired) electrons. The number of aromatic nitrogens is 2. The molecule has 0 fully saturated rings. The fourth-order valence-corrected chi connectivity index (χ4v) is 2.37. The van der Waals surface area contributed by atoms with Gasteiger partial charge in [0.05, 0.1) is 18.7 Å². The van der Waals surface area contributed by atoms with Gasteiger partial charge in [-0.15, -0.1) is 0 Å². The maximum Gasteiger partial charge on any atom is 0.227 e. The van der Waals surface area contributed by atoms with Gasteiger partial charge in [0, 0.05) is 17.6 Å². The average molecular weight is 339 g/mol. The molecular weight excluding hydrogens is 321 g/mol. The number of nitrogens with zero attached hydrogens (tertiary/aromatic N) is 2. The fraction of sp³-hybridized carbons (Fsp3) is 0.158. The molecule has 128 valence electrons. The molecule has 0 spiro atoms. The van der Waals surface area contributed by atoms with Crippen LogP contribution in [-0.4, -0.2) is 22.3 Å². The van der Waals surface area contributed by atoms with Crippen molar-refractivity contribution in [1.82, 2.24) is 9.78 Å². The summed E-state index contributed by atoms with van der Waals surface area (Å²) in [7, 11) is 0. The first kappa shape index (κ1) is 16.7. The number of ether oxygens (including phenoxy) is 1. The summed E-state index contributed by atoms with van der Waals surface area (Å²) in [5.74, 6) is 0.0548. The molecule has 0 aliphatic rings. The molecule has 0 saturated carbocycles. The van der Waals surface area contributed by atoms with Crippen LogP contribution in [-0.2, 0) is 4.79 Å². The highest BCUT2D eigenvalue weighted by Gasteiger charge is 2.06. The van der Waals surface area contributed by atoms with E-state index in [2.05, 4.69) is 10.4 Å². The third-order valence-corrected chi connectivity index (χ3v) is 3.62. The summed E-state index contributed by atoms with van der Waals surface area (Å²) >= 11 is 0. The van der Waals surface area contributed by atoms with Crippen molar-refractivity contribution in [2.24, 2.45) is 0 Å².